The lowest BCUT2D eigenvalue weighted by Crippen LogP contribution is -2.46. The van der Waals surface area contributed by atoms with E-state index in [9.17, 15) is 19.5 Å². The van der Waals surface area contributed by atoms with Crippen molar-refractivity contribution in [3.8, 4) is 22.5 Å². The van der Waals surface area contributed by atoms with Crippen molar-refractivity contribution in [2.75, 3.05) is 13.2 Å². The fourth-order valence-corrected chi connectivity index (χ4v) is 10.1. The molecule has 1 aliphatic rings. The van der Waals surface area contributed by atoms with Gasteiger partial charge in [-0.15, -0.1) is 0 Å². The second kappa shape index (κ2) is 23.9. The van der Waals surface area contributed by atoms with Gasteiger partial charge in [-0.2, -0.15) is 10.2 Å². The molecule has 1 atom stereocenters. The van der Waals surface area contributed by atoms with E-state index >= 15 is 0 Å². The number of aryl methyl sites for hydroxylation is 2. The lowest BCUT2D eigenvalue weighted by Gasteiger charge is -2.39. The molecule has 1 unspecified atom stereocenters. The van der Waals surface area contributed by atoms with Gasteiger partial charge in [-0.25, -0.2) is 34.7 Å². The number of hydrogen-bond acceptors (Lipinski definition) is 13. The highest BCUT2D eigenvalue weighted by Crippen LogP contribution is 2.36. The molecule has 8 heterocycles. The fourth-order valence-electron chi connectivity index (χ4n) is 8.31. The van der Waals surface area contributed by atoms with Crippen LogP contribution in [0.2, 0.25) is 51.4 Å². The summed E-state index contributed by atoms with van der Waals surface area (Å²) in [6.07, 6.45) is 22.6. The molecule has 0 spiro atoms. The van der Waals surface area contributed by atoms with E-state index in [1.54, 1.807) is 58.8 Å². The zero-order valence-corrected chi connectivity index (χ0v) is 47.7. The van der Waals surface area contributed by atoms with Crippen LogP contribution >= 0.6 is 15.9 Å². The summed E-state index contributed by atoms with van der Waals surface area (Å²) >= 11 is 3.27. The predicted molar refractivity (Wildman–Crippen MR) is 294 cm³/mol. The number of hydrogen-bond donors (Lipinski definition) is 3. The van der Waals surface area contributed by atoms with Crippen molar-refractivity contribution in [2.45, 2.75) is 137 Å². The molecule has 74 heavy (non-hydrogen) atoms. The Morgan fingerprint density at radius 3 is 1.89 bits per heavy atom. The summed E-state index contributed by atoms with van der Waals surface area (Å²) < 4.78 is 19.2. The minimum absolute atomic E-state index is 0.0862. The number of nitrogens with zero attached hydrogens (tertiary/aromatic N) is 12. The van der Waals surface area contributed by atoms with Gasteiger partial charge in [0, 0.05) is 90.6 Å². The number of halogens is 1. The van der Waals surface area contributed by atoms with Crippen LogP contribution in [0.3, 0.4) is 0 Å². The molecule has 0 saturated heterocycles. The van der Waals surface area contributed by atoms with Crippen LogP contribution in [0.15, 0.2) is 66.6 Å². The van der Waals surface area contributed by atoms with Gasteiger partial charge >= 0.3 is 5.97 Å². The summed E-state index contributed by atoms with van der Waals surface area (Å²) in [5.74, 6) is -1.12. The number of fused-ring (bicyclic) bond motifs is 3. The smallest absolute Gasteiger partial charge is 0.339 e. The van der Waals surface area contributed by atoms with Crippen molar-refractivity contribution in [3.05, 3.63) is 83.3 Å². The van der Waals surface area contributed by atoms with Gasteiger partial charge in [0.15, 0.2) is 23.2 Å². The topological polar surface area (TPSA) is 241 Å². The van der Waals surface area contributed by atoms with Gasteiger partial charge < -0.3 is 34.0 Å². The van der Waals surface area contributed by atoms with Gasteiger partial charge in [0.05, 0.1) is 53.5 Å². The number of aldehydes is 1. The lowest BCUT2D eigenvalue weighted by atomic mass is 9.73. The van der Waals surface area contributed by atoms with Crippen molar-refractivity contribution < 1.29 is 29.0 Å². The average Bonchev–Trinajstić information content (AvgIpc) is 4.22. The standard InChI is InChI=1S/C20H26N6O.C18H25N5O3Si.C13H18BrN3O2Si/c1-4-26-12-13(9-23-26)15-11-22-18-17(24-15)14(10-21-18)19(27)25-16-7-5-6-8-20(16,2)3;1-5-23-10-13(8-20-23)15-9-19-17-16(21-15)14(18(24)25)11-22(17)12-26-6-7-27(2,3)4;1-20(2,3)5-4-19-9-17-7-10(8-18)12-13(17)15-6-11(14)16-12/h9-12,16H,4-8H2,1-3H3,(H,21,22)(H,25,27);8-11H,5-7,12H2,1-4H3,(H,24,25);6-8H,4-5,9H2,1-3H3. The zero-order valence-electron chi connectivity index (χ0n) is 44.1. The molecule has 1 saturated carbocycles. The first-order valence-electron chi connectivity index (χ1n) is 25.1. The lowest BCUT2D eigenvalue weighted by molar-refractivity contribution is 0.0695. The van der Waals surface area contributed by atoms with E-state index in [1.807, 2.05) is 35.5 Å². The molecule has 8 aromatic heterocycles. The molecule has 0 radical (unpaired) electrons. The monoisotopic (exact) mass is 1110 g/mol. The number of aromatic nitrogens is 13. The molecular weight excluding hydrogens is 1040 g/mol. The van der Waals surface area contributed by atoms with Crippen molar-refractivity contribution in [1.29, 1.82) is 0 Å². The molecule has 9 rings (SSSR count). The average molecular weight is 1110 g/mol. The molecule has 0 aromatic carbocycles. The number of carboxylic acid groups (broad SMARTS) is 1. The van der Waals surface area contributed by atoms with E-state index in [0.717, 1.165) is 68.5 Å². The molecule has 1 aliphatic carbocycles. The normalized spacial score (nSPS) is 14.7. The predicted octanol–water partition coefficient (Wildman–Crippen LogP) is 10.2. The molecule has 23 heteroatoms. The molecule has 0 bridgehead atoms. The first-order chi connectivity index (χ1) is 35.2. The largest absolute Gasteiger partial charge is 0.478 e. The van der Waals surface area contributed by atoms with Crippen molar-refractivity contribution in [3.63, 3.8) is 0 Å². The third kappa shape index (κ3) is 14.1. The molecule has 20 nitrogen and oxygen atoms in total. The second-order valence-corrected chi connectivity index (χ2v) is 33.6. The van der Waals surface area contributed by atoms with Crippen molar-refractivity contribution in [1.82, 2.24) is 68.9 Å². The zero-order chi connectivity index (χ0) is 53.4. The Kier molecular flexibility index (Phi) is 17.9. The van der Waals surface area contributed by atoms with Gasteiger partial charge in [0.2, 0.25) is 0 Å². The summed E-state index contributed by atoms with van der Waals surface area (Å²) in [6.45, 7) is 25.9. The molecule has 0 aliphatic heterocycles. The molecule has 1 amide bonds. The van der Waals surface area contributed by atoms with E-state index in [2.05, 4.69) is 114 Å². The van der Waals surface area contributed by atoms with Gasteiger partial charge in [-0.05, 0) is 60.1 Å². The maximum absolute atomic E-state index is 13.0. The fraction of sp³-hybridized carbons (Fsp3) is 0.471. The molecular formula is C51H69BrN14O6Si2. The van der Waals surface area contributed by atoms with E-state index in [4.69, 9.17) is 14.5 Å². The third-order valence-corrected chi connectivity index (χ3v) is 16.7. The van der Waals surface area contributed by atoms with Crippen LogP contribution in [0, 0.1) is 5.41 Å². The quantitative estimate of drug-likeness (QED) is 0.0412. The van der Waals surface area contributed by atoms with Crippen LogP contribution in [-0.4, -0.2) is 122 Å². The Morgan fingerprint density at radius 2 is 1.34 bits per heavy atom. The van der Waals surface area contributed by atoms with Crippen LogP contribution in [0.5, 0.6) is 0 Å². The van der Waals surface area contributed by atoms with Gasteiger partial charge in [-0.1, -0.05) is 66.0 Å². The highest BCUT2D eigenvalue weighted by atomic mass is 79.9. The second-order valence-electron chi connectivity index (χ2n) is 21.6. The SMILES string of the molecule is CCn1cc(-c2cnc3[nH]cc(C(=O)NC4CCCCC4(C)C)c3n2)cn1.CCn1cc(-c2cnc3c(n2)c(C(=O)O)cn3COCC[Si](C)(C)C)cn1.C[Si](C)(C)CCOCn1cc(C=O)c2nc(Br)cnc21. The molecule has 3 N–H and O–H groups in total. The minimum atomic E-state index is -1.17. The number of carbonyl (C=O) groups is 3. The first-order valence-corrected chi connectivity index (χ1v) is 33.3. The van der Waals surface area contributed by atoms with Gasteiger partial charge in [0.25, 0.3) is 5.91 Å². The number of nitrogens with one attached hydrogen (secondary N) is 2. The number of carbonyl (C=O) groups excluding carboxylic acids is 2. The van der Waals surface area contributed by atoms with Crippen LogP contribution in [-0.2, 0) is 36.0 Å². The minimum Gasteiger partial charge on any atom is -0.478 e. The maximum Gasteiger partial charge on any atom is 0.339 e. The van der Waals surface area contributed by atoms with Gasteiger partial charge in [0.1, 0.15) is 40.2 Å². The third-order valence-electron chi connectivity index (χ3n) is 12.9. The Hall–Kier alpha value is -6.28. The van der Waals surface area contributed by atoms with Gasteiger partial charge in [-0.3, -0.25) is 19.0 Å². The Balaban J connectivity index is 0.000000164. The summed E-state index contributed by atoms with van der Waals surface area (Å²) in [7, 11) is -2.26. The maximum atomic E-state index is 13.0. The van der Waals surface area contributed by atoms with Crippen LogP contribution in [0.25, 0.3) is 56.0 Å². The first kappa shape index (κ1) is 55.5. The number of aromatic amines is 1. The number of carboxylic acids is 1. The Bertz CT molecular complexity index is 3220. The van der Waals surface area contributed by atoms with Crippen LogP contribution < -0.4 is 5.32 Å². The summed E-state index contributed by atoms with van der Waals surface area (Å²) in [4.78, 5) is 65.5. The number of aromatic carboxylic acids is 1. The highest BCUT2D eigenvalue weighted by molar-refractivity contribution is 9.10. The van der Waals surface area contributed by atoms with Crippen LogP contribution in [0.4, 0.5) is 0 Å². The summed E-state index contributed by atoms with van der Waals surface area (Å²) in [6, 6.07) is 2.35. The summed E-state index contributed by atoms with van der Waals surface area (Å²) in [5, 5.41) is 21.3. The number of amides is 1. The number of ether oxygens (including phenoxy) is 2. The van der Waals surface area contributed by atoms with Crippen LogP contribution in [0.1, 0.15) is 84.5 Å². The van der Waals surface area contributed by atoms with E-state index in [0.29, 0.717) is 73.9 Å². The molecule has 394 valence electrons. The van der Waals surface area contributed by atoms with Crippen molar-refractivity contribution >= 4 is 83.7 Å². The molecule has 1 fully saturated rings. The van der Waals surface area contributed by atoms with Crippen molar-refractivity contribution in [2.24, 2.45) is 5.41 Å². The molecule has 8 aromatic rings. The highest BCUT2D eigenvalue weighted by Gasteiger charge is 2.34. The number of H-pyrrole nitrogens is 1. The summed E-state index contributed by atoms with van der Waals surface area (Å²) in [5.41, 5.74) is 7.69. The van der Waals surface area contributed by atoms with E-state index < -0.39 is 22.1 Å². The van der Waals surface area contributed by atoms with E-state index in [-0.39, 0.29) is 29.7 Å². The Morgan fingerprint density at radius 1 is 0.770 bits per heavy atom. The van der Waals surface area contributed by atoms with E-state index in [1.165, 1.54) is 6.42 Å². The number of rotatable bonds is 18. The Labute approximate surface area is 441 Å².